The first kappa shape index (κ1) is 16.4. The van der Waals surface area contributed by atoms with Gasteiger partial charge in [-0.15, -0.1) is 0 Å². The third-order valence-corrected chi connectivity index (χ3v) is 2.68. The third-order valence-electron chi connectivity index (χ3n) is 2.68. The first-order chi connectivity index (χ1) is 8.26. The highest BCUT2D eigenvalue weighted by molar-refractivity contribution is 5.78. The highest BCUT2D eigenvalue weighted by Gasteiger charge is 2.11. The molecular weight excluding hydrogens is 216 g/mol. The molecule has 0 rings (SSSR count). The summed E-state index contributed by atoms with van der Waals surface area (Å²) in [7, 11) is 1.66. The molecule has 0 fully saturated rings. The maximum absolute atomic E-state index is 11.9. The predicted molar refractivity (Wildman–Crippen MR) is 71.1 cm³/mol. The zero-order valence-corrected chi connectivity index (χ0v) is 11.6. The number of carbonyl (C=O) groups excluding carboxylic acids is 1. The van der Waals surface area contributed by atoms with Gasteiger partial charge in [0, 0.05) is 26.7 Å². The van der Waals surface area contributed by atoms with E-state index >= 15 is 0 Å². The number of nitrogens with zero attached hydrogens (tertiary/aromatic N) is 1. The zero-order chi connectivity index (χ0) is 12.9. The molecule has 0 radical (unpaired) electrons. The van der Waals surface area contributed by atoms with Crippen LogP contribution in [0, 0.1) is 0 Å². The summed E-state index contributed by atoms with van der Waals surface area (Å²) in [5.41, 5.74) is 0. The van der Waals surface area contributed by atoms with Gasteiger partial charge in [0.05, 0.1) is 13.2 Å². The maximum atomic E-state index is 11.9. The van der Waals surface area contributed by atoms with Gasteiger partial charge in [-0.05, 0) is 12.8 Å². The second kappa shape index (κ2) is 11.9. The summed E-state index contributed by atoms with van der Waals surface area (Å²) in [5.74, 6) is 0.211. The van der Waals surface area contributed by atoms with E-state index in [-0.39, 0.29) is 5.91 Å². The lowest BCUT2D eigenvalue weighted by atomic mass is 10.2. The number of amides is 1. The molecule has 4 heteroatoms. The van der Waals surface area contributed by atoms with Crippen molar-refractivity contribution in [2.24, 2.45) is 0 Å². The Hall–Kier alpha value is -0.610. The first-order valence-corrected chi connectivity index (χ1v) is 6.73. The molecule has 1 amide bonds. The van der Waals surface area contributed by atoms with Crippen LogP contribution in [0.15, 0.2) is 0 Å². The Morgan fingerprint density at radius 1 is 1.18 bits per heavy atom. The number of rotatable bonds is 11. The van der Waals surface area contributed by atoms with Crippen LogP contribution in [0.5, 0.6) is 0 Å². The number of unbranched alkanes of at least 4 members (excludes halogenated alkanes) is 2. The smallest absolute Gasteiger partial charge is 0.236 e. The molecule has 0 spiro atoms. The van der Waals surface area contributed by atoms with Crippen molar-refractivity contribution in [1.82, 2.24) is 10.2 Å². The number of hydrogen-bond acceptors (Lipinski definition) is 3. The van der Waals surface area contributed by atoms with Crippen molar-refractivity contribution in [3.63, 3.8) is 0 Å². The van der Waals surface area contributed by atoms with Gasteiger partial charge < -0.3 is 15.0 Å². The van der Waals surface area contributed by atoms with E-state index in [0.29, 0.717) is 13.2 Å². The van der Waals surface area contributed by atoms with Crippen LogP contribution < -0.4 is 5.32 Å². The van der Waals surface area contributed by atoms with Gasteiger partial charge >= 0.3 is 0 Å². The second-order valence-corrected chi connectivity index (χ2v) is 4.26. The summed E-state index contributed by atoms with van der Waals surface area (Å²) in [6, 6.07) is 0. The normalized spacial score (nSPS) is 10.5. The van der Waals surface area contributed by atoms with Crippen LogP contribution in [0.4, 0.5) is 0 Å². The van der Waals surface area contributed by atoms with Gasteiger partial charge in [-0.3, -0.25) is 4.79 Å². The van der Waals surface area contributed by atoms with Crippen molar-refractivity contribution in [3.8, 4) is 0 Å². The molecular formula is C13H28N2O2. The molecule has 0 aromatic heterocycles. The molecule has 0 heterocycles. The van der Waals surface area contributed by atoms with Gasteiger partial charge in [-0.2, -0.15) is 0 Å². The van der Waals surface area contributed by atoms with E-state index in [9.17, 15) is 4.79 Å². The van der Waals surface area contributed by atoms with E-state index in [0.717, 1.165) is 45.3 Å². The van der Waals surface area contributed by atoms with Gasteiger partial charge in [0.15, 0.2) is 0 Å². The highest BCUT2D eigenvalue weighted by atomic mass is 16.5. The summed E-state index contributed by atoms with van der Waals surface area (Å²) < 4.78 is 4.93. The van der Waals surface area contributed by atoms with E-state index in [1.807, 2.05) is 4.90 Å². The average Bonchev–Trinajstić information content (AvgIpc) is 2.34. The van der Waals surface area contributed by atoms with Crippen molar-refractivity contribution >= 4 is 5.91 Å². The van der Waals surface area contributed by atoms with Gasteiger partial charge in [0.2, 0.25) is 5.91 Å². The zero-order valence-electron chi connectivity index (χ0n) is 11.6. The summed E-state index contributed by atoms with van der Waals surface area (Å²) in [5, 5.41) is 3.10. The number of nitrogens with one attached hydrogen (secondary N) is 1. The summed E-state index contributed by atoms with van der Waals surface area (Å²) >= 11 is 0. The molecule has 0 aromatic rings. The quantitative estimate of drug-likeness (QED) is 0.562. The molecule has 0 aliphatic rings. The third kappa shape index (κ3) is 9.12. The monoisotopic (exact) mass is 244 g/mol. The molecule has 0 aromatic carbocycles. The van der Waals surface area contributed by atoms with Gasteiger partial charge in [-0.25, -0.2) is 0 Å². The standard InChI is InChI=1S/C13H28N2O2/c1-4-6-9-15(10-7-5-2)13(16)12-14-8-11-17-3/h14H,4-12H2,1-3H3. The Morgan fingerprint density at radius 3 is 2.24 bits per heavy atom. The average molecular weight is 244 g/mol. The molecule has 102 valence electrons. The Labute approximate surface area is 106 Å². The van der Waals surface area contributed by atoms with E-state index in [1.165, 1.54) is 0 Å². The van der Waals surface area contributed by atoms with Gasteiger partial charge in [0.25, 0.3) is 0 Å². The maximum Gasteiger partial charge on any atom is 0.236 e. The van der Waals surface area contributed by atoms with Crippen LogP contribution in [0.2, 0.25) is 0 Å². The van der Waals surface area contributed by atoms with E-state index in [1.54, 1.807) is 7.11 Å². The molecule has 4 nitrogen and oxygen atoms in total. The molecule has 0 aliphatic heterocycles. The summed E-state index contributed by atoms with van der Waals surface area (Å²) in [6.45, 7) is 7.90. The topological polar surface area (TPSA) is 41.6 Å². The minimum absolute atomic E-state index is 0.211. The van der Waals surface area contributed by atoms with Crippen molar-refractivity contribution in [1.29, 1.82) is 0 Å². The fourth-order valence-electron chi connectivity index (χ4n) is 1.54. The van der Waals surface area contributed by atoms with Crippen LogP contribution in [-0.4, -0.2) is 50.7 Å². The minimum atomic E-state index is 0.211. The fraction of sp³-hybridized carbons (Fsp3) is 0.923. The molecule has 0 saturated heterocycles. The molecule has 0 saturated carbocycles. The van der Waals surface area contributed by atoms with E-state index < -0.39 is 0 Å². The minimum Gasteiger partial charge on any atom is -0.383 e. The molecule has 0 atom stereocenters. The lowest BCUT2D eigenvalue weighted by Gasteiger charge is -2.22. The van der Waals surface area contributed by atoms with Crippen LogP contribution in [0.25, 0.3) is 0 Å². The largest absolute Gasteiger partial charge is 0.383 e. The van der Waals surface area contributed by atoms with Crippen molar-refractivity contribution in [2.75, 3.05) is 39.9 Å². The van der Waals surface area contributed by atoms with Crippen molar-refractivity contribution in [2.45, 2.75) is 39.5 Å². The molecule has 1 N–H and O–H groups in total. The van der Waals surface area contributed by atoms with Crippen molar-refractivity contribution in [3.05, 3.63) is 0 Å². The van der Waals surface area contributed by atoms with Gasteiger partial charge in [-0.1, -0.05) is 26.7 Å². The fourth-order valence-corrected chi connectivity index (χ4v) is 1.54. The number of methoxy groups -OCH3 is 1. The Bertz CT molecular complexity index is 178. The first-order valence-electron chi connectivity index (χ1n) is 6.73. The van der Waals surface area contributed by atoms with Gasteiger partial charge in [0.1, 0.15) is 0 Å². The number of ether oxygens (including phenoxy) is 1. The van der Waals surface area contributed by atoms with E-state index in [4.69, 9.17) is 4.74 Å². The number of carbonyl (C=O) groups is 1. The lowest BCUT2D eigenvalue weighted by molar-refractivity contribution is -0.130. The Kier molecular flexibility index (Phi) is 11.4. The Morgan fingerprint density at radius 2 is 1.76 bits per heavy atom. The highest BCUT2D eigenvalue weighted by Crippen LogP contribution is 1.99. The lowest BCUT2D eigenvalue weighted by Crippen LogP contribution is -2.40. The molecule has 0 aliphatic carbocycles. The summed E-state index contributed by atoms with van der Waals surface area (Å²) in [6.07, 6.45) is 4.45. The molecule has 0 unspecified atom stereocenters. The van der Waals surface area contributed by atoms with Crippen LogP contribution >= 0.6 is 0 Å². The SMILES string of the molecule is CCCCN(CCCC)C(=O)CNCCOC. The second-order valence-electron chi connectivity index (χ2n) is 4.26. The molecule has 0 bridgehead atoms. The van der Waals surface area contributed by atoms with Crippen LogP contribution in [0.3, 0.4) is 0 Å². The van der Waals surface area contributed by atoms with Crippen LogP contribution in [-0.2, 0) is 9.53 Å². The Balaban J connectivity index is 3.85. The van der Waals surface area contributed by atoms with Crippen molar-refractivity contribution < 1.29 is 9.53 Å². The number of hydrogen-bond donors (Lipinski definition) is 1. The van der Waals surface area contributed by atoms with Crippen LogP contribution in [0.1, 0.15) is 39.5 Å². The summed E-state index contributed by atoms with van der Waals surface area (Å²) in [4.78, 5) is 13.9. The predicted octanol–water partition coefficient (Wildman–Crippen LogP) is 1.65. The molecule has 17 heavy (non-hydrogen) atoms. The van der Waals surface area contributed by atoms with E-state index in [2.05, 4.69) is 19.2 Å².